The van der Waals surface area contributed by atoms with Gasteiger partial charge in [0.05, 0.1) is 6.04 Å². The molecule has 3 rings (SSSR count). The number of nitrogens with one attached hydrogen (secondary N) is 1. The largest absolute Gasteiger partial charge is 0.368 e. The molecule has 106 valence electrons. The zero-order valence-electron chi connectivity index (χ0n) is 11.7. The average molecular weight is 272 g/mol. The summed E-state index contributed by atoms with van der Waals surface area (Å²) in [5.74, 6) is 0.173. The van der Waals surface area contributed by atoms with Crippen LogP contribution < -0.4 is 10.3 Å². The van der Waals surface area contributed by atoms with Gasteiger partial charge in [-0.15, -0.1) is 0 Å². The monoisotopic (exact) mass is 272 g/mol. The Morgan fingerprint density at radius 2 is 1.90 bits per heavy atom. The van der Waals surface area contributed by atoms with Crippen molar-refractivity contribution in [2.75, 3.05) is 31.1 Å². The van der Waals surface area contributed by atoms with Crippen molar-refractivity contribution in [1.29, 1.82) is 0 Å². The molecule has 0 spiro atoms. The van der Waals surface area contributed by atoms with E-state index in [0.717, 1.165) is 32.6 Å². The second kappa shape index (κ2) is 5.53. The molecule has 0 radical (unpaired) electrons. The molecule has 20 heavy (non-hydrogen) atoms. The van der Waals surface area contributed by atoms with Crippen LogP contribution >= 0.6 is 0 Å². The number of carbonyl (C=O) groups is 1. The highest BCUT2D eigenvalue weighted by molar-refractivity contribution is 5.73. The zero-order valence-corrected chi connectivity index (χ0v) is 11.7. The van der Waals surface area contributed by atoms with E-state index in [4.69, 9.17) is 0 Å². The maximum Gasteiger partial charge on any atom is 0.219 e. The Labute approximate surface area is 119 Å². The van der Waals surface area contributed by atoms with Gasteiger partial charge in [0, 0.05) is 51.4 Å². The van der Waals surface area contributed by atoms with Gasteiger partial charge in [-0.2, -0.15) is 5.10 Å². The van der Waals surface area contributed by atoms with Gasteiger partial charge in [-0.05, 0) is 17.7 Å². The molecule has 2 heterocycles. The van der Waals surface area contributed by atoms with Gasteiger partial charge in [-0.3, -0.25) is 4.79 Å². The number of anilines is 1. The molecule has 5 heteroatoms. The molecule has 2 aliphatic heterocycles. The molecule has 1 aromatic carbocycles. The molecule has 1 amide bonds. The minimum Gasteiger partial charge on any atom is -0.368 e. The van der Waals surface area contributed by atoms with Crippen molar-refractivity contribution >= 4 is 17.8 Å². The second-order valence-electron chi connectivity index (χ2n) is 5.31. The van der Waals surface area contributed by atoms with Crippen LogP contribution in [0.2, 0.25) is 0 Å². The van der Waals surface area contributed by atoms with Gasteiger partial charge in [0.15, 0.2) is 0 Å². The number of rotatable bonds is 2. The molecule has 1 N–H and O–H groups in total. The fourth-order valence-electron chi connectivity index (χ4n) is 2.76. The maximum absolute atomic E-state index is 11.3. The lowest BCUT2D eigenvalue weighted by Crippen LogP contribution is -2.48. The van der Waals surface area contributed by atoms with Crippen molar-refractivity contribution in [1.82, 2.24) is 10.3 Å². The lowest BCUT2D eigenvalue weighted by atomic mass is 10.0. The molecule has 1 fully saturated rings. The quantitative estimate of drug-likeness (QED) is 0.884. The third kappa shape index (κ3) is 2.61. The maximum atomic E-state index is 11.3. The molecule has 5 nitrogen and oxygen atoms in total. The van der Waals surface area contributed by atoms with E-state index in [2.05, 4.69) is 39.7 Å². The van der Waals surface area contributed by atoms with E-state index in [1.54, 1.807) is 6.92 Å². The number of benzene rings is 1. The van der Waals surface area contributed by atoms with Gasteiger partial charge in [-0.1, -0.05) is 12.1 Å². The first-order valence-corrected chi connectivity index (χ1v) is 7.11. The summed E-state index contributed by atoms with van der Waals surface area (Å²) in [7, 11) is 0. The summed E-state index contributed by atoms with van der Waals surface area (Å²) < 4.78 is 0. The van der Waals surface area contributed by atoms with Crippen molar-refractivity contribution in [3.05, 3.63) is 29.8 Å². The summed E-state index contributed by atoms with van der Waals surface area (Å²) in [6.07, 6.45) is 2.87. The number of hydrogen-bond donors (Lipinski definition) is 1. The minimum atomic E-state index is 0.173. The number of hydrogen-bond acceptors (Lipinski definition) is 4. The van der Waals surface area contributed by atoms with Crippen LogP contribution in [0.3, 0.4) is 0 Å². The topological polar surface area (TPSA) is 47.9 Å². The Morgan fingerprint density at radius 3 is 2.45 bits per heavy atom. The molecule has 0 bridgehead atoms. The van der Waals surface area contributed by atoms with Crippen LogP contribution in [0.4, 0.5) is 5.69 Å². The van der Waals surface area contributed by atoms with E-state index in [1.807, 2.05) is 11.1 Å². The second-order valence-corrected chi connectivity index (χ2v) is 5.31. The van der Waals surface area contributed by atoms with Gasteiger partial charge in [0.2, 0.25) is 5.91 Å². The molecule has 0 saturated carbocycles. The molecule has 0 aromatic heterocycles. The lowest BCUT2D eigenvalue weighted by molar-refractivity contribution is -0.129. The lowest BCUT2D eigenvalue weighted by Gasteiger charge is -2.35. The number of carbonyl (C=O) groups excluding carboxylic acids is 1. The zero-order chi connectivity index (χ0) is 13.9. The molecule has 1 aromatic rings. The standard InChI is InChI=1S/C15H20N4O/c1-12(20)18-8-10-19(11-9-18)14-4-2-13(3-5-14)15-6-7-16-17-15/h2-5,7,15,17H,6,8-11H2,1H3. The summed E-state index contributed by atoms with van der Waals surface area (Å²) in [4.78, 5) is 15.6. The summed E-state index contributed by atoms with van der Waals surface area (Å²) in [6.45, 7) is 5.08. The van der Waals surface area contributed by atoms with E-state index in [0.29, 0.717) is 6.04 Å². The van der Waals surface area contributed by atoms with E-state index >= 15 is 0 Å². The first kappa shape index (κ1) is 13.0. The number of hydrazone groups is 1. The van der Waals surface area contributed by atoms with E-state index in [1.165, 1.54) is 11.3 Å². The third-order valence-electron chi connectivity index (χ3n) is 4.05. The molecule has 1 unspecified atom stereocenters. The van der Waals surface area contributed by atoms with Crippen LogP contribution in [-0.2, 0) is 4.79 Å². The number of amides is 1. The Hall–Kier alpha value is -2.04. The Bertz CT molecular complexity index is 495. The van der Waals surface area contributed by atoms with Crippen LogP contribution in [0.15, 0.2) is 29.4 Å². The van der Waals surface area contributed by atoms with Crippen LogP contribution in [0.25, 0.3) is 0 Å². The molecule has 1 atom stereocenters. The number of piperazine rings is 1. The third-order valence-corrected chi connectivity index (χ3v) is 4.05. The first-order valence-electron chi connectivity index (χ1n) is 7.11. The molecule has 1 saturated heterocycles. The molecular weight excluding hydrogens is 252 g/mol. The van der Waals surface area contributed by atoms with Crippen molar-refractivity contribution in [3.63, 3.8) is 0 Å². The SMILES string of the molecule is CC(=O)N1CCN(c2ccc(C3CC=NN3)cc2)CC1. The normalized spacial score (nSPS) is 21.9. The van der Waals surface area contributed by atoms with Crippen molar-refractivity contribution in [2.24, 2.45) is 5.10 Å². The summed E-state index contributed by atoms with van der Waals surface area (Å²) in [6, 6.07) is 8.98. The molecular formula is C15H20N4O. The predicted molar refractivity (Wildman–Crippen MR) is 79.9 cm³/mol. The van der Waals surface area contributed by atoms with E-state index < -0.39 is 0 Å². The highest BCUT2D eigenvalue weighted by Gasteiger charge is 2.19. The van der Waals surface area contributed by atoms with E-state index in [9.17, 15) is 4.79 Å². The predicted octanol–water partition coefficient (Wildman–Crippen LogP) is 1.38. The van der Waals surface area contributed by atoms with Gasteiger partial charge in [0.25, 0.3) is 0 Å². The summed E-state index contributed by atoms with van der Waals surface area (Å²) >= 11 is 0. The Kier molecular flexibility index (Phi) is 3.58. The van der Waals surface area contributed by atoms with Gasteiger partial charge < -0.3 is 15.2 Å². The van der Waals surface area contributed by atoms with Crippen LogP contribution in [0, 0.1) is 0 Å². The summed E-state index contributed by atoms with van der Waals surface area (Å²) in [5.41, 5.74) is 5.61. The van der Waals surface area contributed by atoms with Crippen molar-refractivity contribution < 1.29 is 4.79 Å². The van der Waals surface area contributed by atoms with Crippen LogP contribution in [0.1, 0.15) is 24.9 Å². The fourth-order valence-corrected chi connectivity index (χ4v) is 2.76. The van der Waals surface area contributed by atoms with Crippen molar-refractivity contribution in [2.45, 2.75) is 19.4 Å². The van der Waals surface area contributed by atoms with E-state index in [-0.39, 0.29) is 5.91 Å². The first-order chi connectivity index (χ1) is 9.74. The minimum absolute atomic E-state index is 0.173. The number of nitrogens with zero attached hydrogens (tertiary/aromatic N) is 3. The van der Waals surface area contributed by atoms with Crippen LogP contribution in [-0.4, -0.2) is 43.2 Å². The van der Waals surface area contributed by atoms with Crippen LogP contribution in [0.5, 0.6) is 0 Å². The van der Waals surface area contributed by atoms with Gasteiger partial charge in [-0.25, -0.2) is 0 Å². The highest BCUT2D eigenvalue weighted by Crippen LogP contribution is 2.23. The molecule has 2 aliphatic rings. The Morgan fingerprint density at radius 1 is 1.20 bits per heavy atom. The van der Waals surface area contributed by atoms with Crippen molar-refractivity contribution in [3.8, 4) is 0 Å². The van der Waals surface area contributed by atoms with Gasteiger partial charge >= 0.3 is 0 Å². The highest BCUT2D eigenvalue weighted by atomic mass is 16.2. The smallest absolute Gasteiger partial charge is 0.219 e. The average Bonchev–Trinajstić information content (AvgIpc) is 3.02. The fraction of sp³-hybridized carbons (Fsp3) is 0.467. The Balaban J connectivity index is 1.62. The molecule has 0 aliphatic carbocycles. The summed E-state index contributed by atoms with van der Waals surface area (Å²) in [5, 5.41) is 4.06. The van der Waals surface area contributed by atoms with Gasteiger partial charge in [0.1, 0.15) is 0 Å².